The van der Waals surface area contributed by atoms with Crippen LogP contribution in [0.25, 0.3) is 16.6 Å². The summed E-state index contributed by atoms with van der Waals surface area (Å²) in [6, 6.07) is 12.5. The highest BCUT2D eigenvalue weighted by Crippen LogP contribution is 2.24. The van der Waals surface area contributed by atoms with Crippen molar-refractivity contribution >= 4 is 34.3 Å². The second kappa shape index (κ2) is 9.64. The Hall–Kier alpha value is -3.73. The summed E-state index contributed by atoms with van der Waals surface area (Å²) >= 11 is 1.09. The summed E-state index contributed by atoms with van der Waals surface area (Å²) < 4.78 is 32.4. The predicted molar refractivity (Wildman–Crippen MR) is 126 cm³/mol. The van der Waals surface area contributed by atoms with Gasteiger partial charge in [0.25, 0.3) is 5.56 Å². The normalized spacial score (nSPS) is 11.2. The Labute approximate surface area is 197 Å². The molecule has 2 aromatic carbocycles. The van der Waals surface area contributed by atoms with E-state index in [-0.39, 0.29) is 23.0 Å². The number of nitrogens with zero attached hydrogens (tertiary/aromatic N) is 4. The summed E-state index contributed by atoms with van der Waals surface area (Å²) in [5.41, 5.74) is 2.73. The third-order valence-corrected chi connectivity index (χ3v) is 6.11. The van der Waals surface area contributed by atoms with Crippen LogP contribution >= 0.6 is 11.8 Å². The van der Waals surface area contributed by atoms with Crippen molar-refractivity contribution in [2.45, 2.75) is 25.6 Å². The van der Waals surface area contributed by atoms with Gasteiger partial charge in [0.15, 0.2) is 5.16 Å². The maximum absolute atomic E-state index is 13.3. The van der Waals surface area contributed by atoms with E-state index in [4.69, 9.17) is 0 Å². The van der Waals surface area contributed by atoms with Gasteiger partial charge in [-0.05, 0) is 50.2 Å². The molecule has 0 fully saturated rings. The minimum Gasteiger partial charge on any atom is -0.435 e. The Morgan fingerprint density at radius 3 is 2.50 bits per heavy atom. The molecule has 0 bridgehead atoms. The molecule has 34 heavy (non-hydrogen) atoms. The zero-order valence-corrected chi connectivity index (χ0v) is 19.4. The second-order valence-electron chi connectivity index (χ2n) is 7.43. The van der Waals surface area contributed by atoms with Crippen molar-refractivity contribution in [3.8, 4) is 11.4 Å². The molecule has 2 heterocycles. The van der Waals surface area contributed by atoms with Crippen LogP contribution in [0.3, 0.4) is 0 Å². The number of hydrogen-bond acceptors (Lipinski definition) is 6. The smallest absolute Gasteiger partial charge is 0.387 e. The number of aryl methyl sites for hydroxylation is 2. The Morgan fingerprint density at radius 1 is 1.15 bits per heavy atom. The van der Waals surface area contributed by atoms with Crippen LogP contribution in [0.2, 0.25) is 0 Å². The van der Waals surface area contributed by atoms with Gasteiger partial charge in [0, 0.05) is 7.05 Å². The first-order valence-electron chi connectivity index (χ1n) is 10.2. The molecule has 0 aliphatic carbocycles. The minimum atomic E-state index is -2.95. The second-order valence-corrected chi connectivity index (χ2v) is 8.37. The van der Waals surface area contributed by atoms with Crippen LogP contribution < -0.4 is 15.6 Å². The molecule has 0 radical (unpaired) electrons. The van der Waals surface area contributed by atoms with E-state index in [9.17, 15) is 18.4 Å². The molecule has 0 atom stereocenters. The zero-order valence-electron chi connectivity index (χ0n) is 18.6. The van der Waals surface area contributed by atoms with Crippen molar-refractivity contribution < 1.29 is 18.3 Å². The molecule has 11 heteroatoms. The number of hydrogen-bond donors (Lipinski definition) is 1. The number of fused-ring (bicyclic) bond motifs is 1. The van der Waals surface area contributed by atoms with E-state index >= 15 is 0 Å². The average Bonchev–Trinajstić information content (AvgIpc) is 3.04. The fraction of sp³-hybridized carbons (Fsp3) is 0.217. The molecule has 1 N–H and O–H groups in total. The van der Waals surface area contributed by atoms with Gasteiger partial charge >= 0.3 is 6.61 Å². The predicted octanol–water partition coefficient (Wildman–Crippen LogP) is 4.07. The summed E-state index contributed by atoms with van der Waals surface area (Å²) in [5.74, 6) is -0.319. The fourth-order valence-electron chi connectivity index (χ4n) is 3.47. The summed E-state index contributed by atoms with van der Waals surface area (Å²) in [6.07, 6.45) is 0. The van der Waals surface area contributed by atoms with E-state index in [0.717, 1.165) is 17.5 Å². The molecule has 2 aromatic heterocycles. The highest BCUT2D eigenvalue weighted by atomic mass is 32.2. The number of rotatable bonds is 7. The number of halogens is 2. The number of benzene rings is 2. The van der Waals surface area contributed by atoms with E-state index in [1.165, 1.54) is 28.8 Å². The van der Waals surface area contributed by atoms with E-state index in [0.29, 0.717) is 33.1 Å². The highest BCUT2D eigenvalue weighted by Gasteiger charge is 2.17. The van der Waals surface area contributed by atoms with Crippen molar-refractivity contribution in [3.63, 3.8) is 0 Å². The number of carbonyl (C=O) groups is 1. The maximum atomic E-state index is 13.3. The summed E-state index contributed by atoms with van der Waals surface area (Å²) in [6.45, 7) is 0.708. The number of alkyl halides is 2. The molecule has 0 aliphatic heterocycles. The third-order valence-electron chi connectivity index (χ3n) is 5.17. The molecule has 176 valence electrons. The number of carbonyl (C=O) groups excluding carboxylic acids is 1. The highest BCUT2D eigenvalue weighted by molar-refractivity contribution is 7.99. The maximum Gasteiger partial charge on any atom is 0.387 e. The van der Waals surface area contributed by atoms with Crippen LogP contribution in [0.15, 0.2) is 58.5 Å². The Bertz CT molecular complexity index is 1420. The van der Waals surface area contributed by atoms with Gasteiger partial charge in [-0.3, -0.25) is 18.8 Å². The molecule has 1 amide bonds. The number of ether oxygens (including phenoxy) is 1. The third kappa shape index (κ3) is 4.79. The standard InChI is InChI=1S/C23H21F2N5O3S/c1-13-20(14(2)29(3)28-13)27-19(31)12-34-23-26-18-7-5-4-6-17(18)21(32)30(23)15-8-10-16(11-9-15)33-22(24)25/h4-11,22H,12H2,1-3H3,(H,27,31). The molecule has 0 saturated carbocycles. The van der Waals surface area contributed by atoms with E-state index in [2.05, 4.69) is 20.1 Å². The van der Waals surface area contributed by atoms with Crippen LogP contribution in [0.4, 0.5) is 14.5 Å². The molecule has 4 aromatic rings. The fourth-order valence-corrected chi connectivity index (χ4v) is 4.29. The van der Waals surface area contributed by atoms with Gasteiger partial charge in [0.1, 0.15) is 5.75 Å². The molecule has 4 rings (SSSR count). The van der Waals surface area contributed by atoms with Crippen molar-refractivity contribution in [1.29, 1.82) is 0 Å². The Balaban J connectivity index is 1.66. The van der Waals surface area contributed by atoms with Crippen LogP contribution in [0.1, 0.15) is 11.4 Å². The number of amides is 1. The monoisotopic (exact) mass is 485 g/mol. The SMILES string of the molecule is Cc1nn(C)c(C)c1NC(=O)CSc1nc2ccccc2c(=O)n1-c1ccc(OC(F)F)cc1. The van der Waals surface area contributed by atoms with E-state index < -0.39 is 6.61 Å². The summed E-state index contributed by atoms with van der Waals surface area (Å²) in [4.78, 5) is 30.5. The van der Waals surface area contributed by atoms with Gasteiger partial charge in [0.2, 0.25) is 5.91 Å². The lowest BCUT2D eigenvalue weighted by molar-refractivity contribution is -0.113. The van der Waals surface area contributed by atoms with E-state index in [1.54, 1.807) is 42.9 Å². The Kier molecular flexibility index (Phi) is 6.64. The number of thioether (sulfide) groups is 1. The lowest BCUT2D eigenvalue weighted by Crippen LogP contribution is -2.23. The number of aromatic nitrogens is 4. The largest absolute Gasteiger partial charge is 0.435 e. The molecule has 0 aliphatic rings. The van der Waals surface area contributed by atoms with E-state index in [1.807, 2.05) is 6.92 Å². The van der Waals surface area contributed by atoms with Crippen molar-refractivity contribution in [1.82, 2.24) is 19.3 Å². The number of nitrogens with one attached hydrogen (secondary N) is 1. The van der Waals surface area contributed by atoms with Gasteiger partial charge in [-0.2, -0.15) is 13.9 Å². The van der Waals surface area contributed by atoms with Crippen LogP contribution in [0.5, 0.6) is 5.75 Å². The molecule has 0 unspecified atom stereocenters. The lowest BCUT2D eigenvalue weighted by Gasteiger charge is -2.14. The molecule has 0 saturated heterocycles. The lowest BCUT2D eigenvalue weighted by atomic mass is 10.2. The van der Waals surface area contributed by atoms with Gasteiger partial charge in [-0.15, -0.1) is 0 Å². The van der Waals surface area contributed by atoms with Crippen LogP contribution in [-0.4, -0.2) is 37.6 Å². The number of anilines is 1. The van der Waals surface area contributed by atoms with Crippen molar-refractivity contribution in [2.24, 2.45) is 7.05 Å². The van der Waals surface area contributed by atoms with Crippen molar-refractivity contribution in [3.05, 3.63) is 70.3 Å². The van der Waals surface area contributed by atoms with Gasteiger partial charge in [-0.1, -0.05) is 23.9 Å². The molecule has 8 nitrogen and oxygen atoms in total. The van der Waals surface area contributed by atoms with Crippen LogP contribution in [-0.2, 0) is 11.8 Å². The zero-order chi connectivity index (χ0) is 24.4. The molecular weight excluding hydrogens is 464 g/mol. The minimum absolute atomic E-state index is 0.00880. The van der Waals surface area contributed by atoms with Crippen LogP contribution in [0, 0.1) is 13.8 Å². The average molecular weight is 486 g/mol. The quantitative estimate of drug-likeness (QED) is 0.314. The van der Waals surface area contributed by atoms with Gasteiger partial charge in [-0.25, -0.2) is 4.98 Å². The topological polar surface area (TPSA) is 91.0 Å². The van der Waals surface area contributed by atoms with Crippen molar-refractivity contribution in [2.75, 3.05) is 11.1 Å². The first kappa shape index (κ1) is 23.4. The van der Waals surface area contributed by atoms with Gasteiger partial charge in [0.05, 0.1) is 39.4 Å². The van der Waals surface area contributed by atoms with Gasteiger partial charge < -0.3 is 10.1 Å². The first-order chi connectivity index (χ1) is 16.2. The number of para-hydroxylation sites is 1. The summed E-state index contributed by atoms with van der Waals surface area (Å²) in [5, 5.41) is 7.83. The molecular formula is C23H21F2N5O3S. The first-order valence-corrected chi connectivity index (χ1v) is 11.2. The summed E-state index contributed by atoms with van der Waals surface area (Å²) in [7, 11) is 1.79. The Morgan fingerprint density at radius 2 is 1.85 bits per heavy atom. The molecule has 0 spiro atoms.